The van der Waals surface area contributed by atoms with Crippen LogP contribution < -0.4 is 0 Å². The Morgan fingerprint density at radius 1 is 1.44 bits per heavy atom. The number of hydrogen-bond acceptors (Lipinski definition) is 2. The van der Waals surface area contributed by atoms with Gasteiger partial charge in [0.25, 0.3) is 0 Å². The van der Waals surface area contributed by atoms with Gasteiger partial charge in [-0.1, -0.05) is 18.2 Å². The summed E-state index contributed by atoms with van der Waals surface area (Å²) in [6, 6.07) is 7.70. The topological polar surface area (TPSA) is 56.3 Å². The standard InChI is InChI=1S/C14H18N2O2/c1-10(14(17)18)16(2)8-7-11-9-15-13-6-4-3-5-12(11)13/h3-6,9-10,15H,7-8H2,1-2H3,(H,17,18). The van der Waals surface area contributed by atoms with Gasteiger partial charge >= 0.3 is 5.97 Å². The molecule has 4 nitrogen and oxygen atoms in total. The molecule has 1 unspecified atom stereocenters. The van der Waals surface area contributed by atoms with Crippen molar-refractivity contribution in [3.05, 3.63) is 36.0 Å². The number of aromatic nitrogens is 1. The predicted molar refractivity (Wildman–Crippen MR) is 71.7 cm³/mol. The summed E-state index contributed by atoms with van der Waals surface area (Å²) in [5, 5.41) is 10.2. The van der Waals surface area contributed by atoms with Gasteiger partial charge in [0.2, 0.25) is 0 Å². The molecule has 1 aromatic carbocycles. The zero-order valence-corrected chi connectivity index (χ0v) is 10.7. The number of hydrogen-bond donors (Lipinski definition) is 2. The summed E-state index contributed by atoms with van der Waals surface area (Å²) in [5.41, 5.74) is 2.36. The van der Waals surface area contributed by atoms with E-state index in [1.807, 2.05) is 36.3 Å². The van der Waals surface area contributed by atoms with Gasteiger partial charge in [0, 0.05) is 23.6 Å². The van der Waals surface area contributed by atoms with Crippen LogP contribution in [0.25, 0.3) is 10.9 Å². The number of H-pyrrole nitrogens is 1. The first-order valence-corrected chi connectivity index (χ1v) is 6.07. The van der Waals surface area contributed by atoms with Gasteiger partial charge in [-0.3, -0.25) is 9.69 Å². The van der Waals surface area contributed by atoms with E-state index >= 15 is 0 Å². The third-order valence-electron chi connectivity index (χ3n) is 3.43. The van der Waals surface area contributed by atoms with Crippen LogP contribution in [0.2, 0.25) is 0 Å². The Morgan fingerprint density at radius 3 is 2.89 bits per heavy atom. The zero-order valence-electron chi connectivity index (χ0n) is 10.7. The van der Waals surface area contributed by atoms with E-state index in [-0.39, 0.29) is 0 Å². The number of rotatable bonds is 5. The van der Waals surface area contributed by atoms with Gasteiger partial charge in [-0.2, -0.15) is 0 Å². The van der Waals surface area contributed by atoms with Gasteiger partial charge in [-0.15, -0.1) is 0 Å². The van der Waals surface area contributed by atoms with Crippen LogP contribution in [0.5, 0.6) is 0 Å². The van der Waals surface area contributed by atoms with E-state index in [4.69, 9.17) is 5.11 Å². The lowest BCUT2D eigenvalue weighted by Crippen LogP contribution is -2.37. The van der Waals surface area contributed by atoms with Crippen molar-refractivity contribution in [1.82, 2.24) is 9.88 Å². The fraction of sp³-hybridized carbons (Fsp3) is 0.357. The number of aromatic amines is 1. The number of benzene rings is 1. The summed E-state index contributed by atoms with van der Waals surface area (Å²) < 4.78 is 0. The number of para-hydroxylation sites is 1. The lowest BCUT2D eigenvalue weighted by Gasteiger charge is -2.20. The van der Waals surface area contributed by atoms with Crippen LogP contribution in [0.3, 0.4) is 0 Å². The largest absolute Gasteiger partial charge is 0.480 e. The van der Waals surface area contributed by atoms with E-state index in [0.717, 1.165) is 18.5 Å². The maximum absolute atomic E-state index is 10.9. The van der Waals surface area contributed by atoms with Crippen molar-refractivity contribution in [2.24, 2.45) is 0 Å². The maximum Gasteiger partial charge on any atom is 0.320 e. The second kappa shape index (κ2) is 5.23. The molecule has 0 bridgehead atoms. The molecule has 0 spiro atoms. The predicted octanol–water partition coefficient (Wildman–Crippen LogP) is 2.12. The second-order valence-corrected chi connectivity index (χ2v) is 4.60. The fourth-order valence-electron chi connectivity index (χ4n) is 2.02. The molecule has 0 aliphatic heterocycles. The third kappa shape index (κ3) is 2.54. The summed E-state index contributed by atoms with van der Waals surface area (Å²) in [6.45, 7) is 2.44. The van der Waals surface area contributed by atoms with E-state index in [1.165, 1.54) is 10.9 Å². The fourth-order valence-corrected chi connectivity index (χ4v) is 2.02. The second-order valence-electron chi connectivity index (χ2n) is 4.60. The van der Waals surface area contributed by atoms with Crippen LogP contribution in [0.4, 0.5) is 0 Å². The molecule has 1 atom stereocenters. The van der Waals surface area contributed by atoms with E-state index in [2.05, 4.69) is 11.1 Å². The van der Waals surface area contributed by atoms with Gasteiger partial charge < -0.3 is 10.1 Å². The molecular formula is C14H18N2O2. The summed E-state index contributed by atoms with van der Waals surface area (Å²) >= 11 is 0. The van der Waals surface area contributed by atoms with E-state index in [1.54, 1.807) is 6.92 Å². The molecular weight excluding hydrogens is 228 g/mol. The molecule has 4 heteroatoms. The number of aliphatic carboxylic acids is 1. The Morgan fingerprint density at radius 2 is 2.17 bits per heavy atom. The molecule has 2 N–H and O–H groups in total. The minimum absolute atomic E-state index is 0.449. The Kier molecular flexibility index (Phi) is 3.67. The van der Waals surface area contributed by atoms with Gasteiger partial charge in [0.05, 0.1) is 0 Å². The van der Waals surface area contributed by atoms with Crippen LogP contribution in [-0.2, 0) is 11.2 Å². The monoisotopic (exact) mass is 246 g/mol. The van der Waals surface area contributed by atoms with Crippen molar-refractivity contribution in [3.8, 4) is 0 Å². The highest BCUT2D eigenvalue weighted by molar-refractivity contribution is 5.83. The number of nitrogens with zero attached hydrogens (tertiary/aromatic N) is 1. The molecule has 0 fully saturated rings. The summed E-state index contributed by atoms with van der Waals surface area (Å²) in [4.78, 5) is 15.9. The quantitative estimate of drug-likeness (QED) is 0.849. The molecule has 0 saturated carbocycles. The van der Waals surface area contributed by atoms with Gasteiger partial charge in [0.1, 0.15) is 6.04 Å². The Balaban J connectivity index is 2.04. The van der Waals surface area contributed by atoms with Crippen molar-refractivity contribution in [3.63, 3.8) is 0 Å². The number of nitrogens with one attached hydrogen (secondary N) is 1. The van der Waals surface area contributed by atoms with Crippen LogP contribution in [0, 0.1) is 0 Å². The average molecular weight is 246 g/mol. The highest BCUT2D eigenvalue weighted by Gasteiger charge is 2.16. The Hall–Kier alpha value is -1.81. The van der Waals surface area contributed by atoms with Crippen LogP contribution in [0.1, 0.15) is 12.5 Å². The lowest BCUT2D eigenvalue weighted by molar-refractivity contribution is -0.142. The normalized spacial score (nSPS) is 13.1. The SMILES string of the molecule is CC(C(=O)O)N(C)CCc1c[nH]c2ccccc12. The highest BCUT2D eigenvalue weighted by atomic mass is 16.4. The molecule has 96 valence electrons. The average Bonchev–Trinajstić information content (AvgIpc) is 2.78. The highest BCUT2D eigenvalue weighted by Crippen LogP contribution is 2.18. The molecule has 2 rings (SSSR count). The molecule has 0 aliphatic carbocycles. The Bertz CT molecular complexity index is 547. The van der Waals surface area contributed by atoms with Crippen molar-refractivity contribution in [2.45, 2.75) is 19.4 Å². The molecule has 0 saturated heterocycles. The molecule has 0 aliphatic rings. The van der Waals surface area contributed by atoms with E-state index in [9.17, 15) is 4.79 Å². The van der Waals surface area contributed by atoms with Gasteiger partial charge in [-0.25, -0.2) is 0 Å². The summed E-state index contributed by atoms with van der Waals surface area (Å²) in [7, 11) is 1.84. The molecule has 18 heavy (non-hydrogen) atoms. The molecule has 2 aromatic rings. The summed E-state index contributed by atoms with van der Waals surface area (Å²) in [6.07, 6.45) is 2.85. The number of carboxylic acids is 1. The molecule has 0 radical (unpaired) electrons. The van der Waals surface area contributed by atoms with Crippen molar-refractivity contribution >= 4 is 16.9 Å². The summed E-state index contributed by atoms with van der Waals surface area (Å²) in [5.74, 6) is -0.781. The number of fused-ring (bicyclic) bond motifs is 1. The minimum atomic E-state index is -0.781. The van der Waals surface area contributed by atoms with Crippen molar-refractivity contribution < 1.29 is 9.90 Å². The van der Waals surface area contributed by atoms with Crippen molar-refractivity contribution in [2.75, 3.05) is 13.6 Å². The first-order valence-electron chi connectivity index (χ1n) is 6.07. The first kappa shape index (κ1) is 12.6. The molecule has 1 heterocycles. The number of likely N-dealkylation sites (N-methyl/N-ethyl adjacent to an activating group) is 1. The smallest absolute Gasteiger partial charge is 0.320 e. The lowest BCUT2D eigenvalue weighted by atomic mass is 10.1. The van der Waals surface area contributed by atoms with Gasteiger partial charge in [0.15, 0.2) is 0 Å². The minimum Gasteiger partial charge on any atom is -0.480 e. The van der Waals surface area contributed by atoms with E-state index < -0.39 is 12.0 Å². The first-order chi connectivity index (χ1) is 8.59. The van der Waals surface area contributed by atoms with Crippen molar-refractivity contribution in [1.29, 1.82) is 0 Å². The Labute approximate surface area is 106 Å². The van der Waals surface area contributed by atoms with Gasteiger partial charge in [-0.05, 0) is 32.0 Å². The maximum atomic E-state index is 10.9. The number of carboxylic acid groups (broad SMARTS) is 1. The van der Waals surface area contributed by atoms with Crippen LogP contribution in [0.15, 0.2) is 30.5 Å². The zero-order chi connectivity index (χ0) is 13.1. The van der Waals surface area contributed by atoms with Crippen LogP contribution in [-0.4, -0.2) is 40.6 Å². The van der Waals surface area contributed by atoms with E-state index in [0.29, 0.717) is 0 Å². The molecule has 1 aromatic heterocycles. The third-order valence-corrected chi connectivity index (χ3v) is 3.43. The van der Waals surface area contributed by atoms with Crippen LogP contribution >= 0.6 is 0 Å². The molecule has 0 amide bonds. The number of carbonyl (C=O) groups is 1.